The van der Waals surface area contributed by atoms with Gasteiger partial charge >= 0.3 is 0 Å². The van der Waals surface area contributed by atoms with E-state index < -0.39 is 0 Å². The maximum atomic E-state index is 10.9. The van der Waals surface area contributed by atoms with Gasteiger partial charge in [0.15, 0.2) is 5.17 Å². The molecule has 0 atom stereocenters. The van der Waals surface area contributed by atoms with Gasteiger partial charge in [-0.25, -0.2) is 0 Å². The van der Waals surface area contributed by atoms with Gasteiger partial charge in [-0.15, -0.1) is 0 Å². The molecule has 2 aliphatic rings. The highest BCUT2D eigenvalue weighted by Gasteiger charge is 2.17. The normalized spacial score (nSPS) is 26.9. The van der Waals surface area contributed by atoms with E-state index in [2.05, 4.69) is 10.3 Å². The molecule has 1 saturated carbocycles. The molecule has 1 aliphatic heterocycles. The van der Waals surface area contributed by atoms with Crippen LogP contribution in [0.1, 0.15) is 32.1 Å². The van der Waals surface area contributed by atoms with Crippen LogP contribution in [0.25, 0.3) is 0 Å². The summed E-state index contributed by atoms with van der Waals surface area (Å²) in [5, 5.41) is 3.60. The van der Waals surface area contributed by atoms with Crippen LogP contribution in [-0.2, 0) is 4.79 Å². The second-order valence-electron chi connectivity index (χ2n) is 3.99. The van der Waals surface area contributed by atoms with Gasteiger partial charge in [-0.2, -0.15) is 0 Å². The highest BCUT2D eigenvalue weighted by atomic mass is 32.2. The molecule has 1 amide bonds. The van der Waals surface area contributed by atoms with Crippen LogP contribution in [0.3, 0.4) is 0 Å². The number of nitrogens with zero attached hydrogens (tertiary/aromatic N) is 1. The predicted octanol–water partition coefficient (Wildman–Crippen LogP) is 1.79. The van der Waals surface area contributed by atoms with Gasteiger partial charge in [0, 0.05) is 6.54 Å². The topological polar surface area (TPSA) is 41.5 Å². The van der Waals surface area contributed by atoms with Crippen LogP contribution in [0.15, 0.2) is 4.99 Å². The standard InChI is InChI=1S/C10H16N2OS/c13-9-7-14-10(12-9)11-6-8-4-2-1-3-5-8/h8H,1-7H2,(H,11,12,13). The fourth-order valence-corrected chi connectivity index (χ4v) is 2.68. The first kappa shape index (κ1) is 10.0. The minimum Gasteiger partial charge on any atom is -0.305 e. The van der Waals surface area contributed by atoms with Gasteiger partial charge < -0.3 is 5.32 Å². The second kappa shape index (κ2) is 4.82. The Bertz CT molecular complexity index is 247. The van der Waals surface area contributed by atoms with Crippen LogP contribution < -0.4 is 5.32 Å². The molecule has 0 unspecified atom stereocenters. The van der Waals surface area contributed by atoms with Crippen molar-refractivity contribution in [3.63, 3.8) is 0 Å². The molecule has 0 aromatic rings. The van der Waals surface area contributed by atoms with Crippen molar-refractivity contribution in [3.8, 4) is 0 Å². The lowest BCUT2D eigenvalue weighted by atomic mass is 9.89. The first-order chi connectivity index (χ1) is 6.84. The number of thioether (sulfide) groups is 1. The van der Waals surface area contributed by atoms with Crippen LogP contribution >= 0.6 is 11.8 Å². The van der Waals surface area contributed by atoms with Crippen LogP contribution in [0.4, 0.5) is 0 Å². The maximum Gasteiger partial charge on any atom is 0.236 e. The van der Waals surface area contributed by atoms with Gasteiger partial charge in [-0.05, 0) is 18.8 Å². The number of hydrogen-bond donors (Lipinski definition) is 1. The molecule has 1 heterocycles. The lowest BCUT2D eigenvalue weighted by molar-refractivity contribution is -0.116. The quantitative estimate of drug-likeness (QED) is 0.758. The molecular formula is C10H16N2OS. The van der Waals surface area contributed by atoms with E-state index in [0.29, 0.717) is 5.75 Å². The number of carbonyl (C=O) groups is 1. The fourth-order valence-electron chi connectivity index (χ4n) is 1.99. The number of rotatable bonds is 2. The lowest BCUT2D eigenvalue weighted by Crippen LogP contribution is -2.21. The Morgan fingerprint density at radius 2 is 2.14 bits per heavy atom. The van der Waals surface area contributed by atoms with E-state index in [4.69, 9.17) is 0 Å². The van der Waals surface area contributed by atoms with Gasteiger partial charge in [-0.1, -0.05) is 31.0 Å². The molecule has 0 spiro atoms. The molecule has 1 aliphatic carbocycles. The molecular weight excluding hydrogens is 196 g/mol. The number of carbonyl (C=O) groups excluding carboxylic acids is 1. The predicted molar refractivity (Wildman–Crippen MR) is 59.5 cm³/mol. The third kappa shape index (κ3) is 2.74. The van der Waals surface area contributed by atoms with Crippen molar-refractivity contribution < 1.29 is 4.79 Å². The summed E-state index contributed by atoms with van der Waals surface area (Å²) in [5.41, 5.74) is 0. The molecule has 3 nitrogen and oxygen atoms in total. The van der Waals surface area contributed by atoms with Crippen molar-refractivity contribution in [2.24, 2.45) is 10.9 Å². The molecule has 4 heteroatoms. The lowest BCUT2D eigenvalue weighted by Gasteiger charge is -2.19. The summed E-state index contributed by atoms with van der Waals surface area (Å²) in [6.07, 6.45) is 6.73. The van der Waals surface area contributed by atoms with E-state index in [0.717, 1.165) is 17.6 Å². The Balaban J connectivity index is 1.77. The summed E-state index contributed by atoms with van der Waals surface area (Å²) in [4.78, 5) is 15.3. The largest absolute Gasteiger partial charge is 0.305 e. The first-order valence-electron chi connectivity index (χ1n) is 5.32. The molecule has 0 radical (unpaired) electrons. The number of hydrogen-bond acceptors (Lipinski definition) is 3. The van der Waals surface area contributed by atoms with Gasteiger partial charge in [0.1, 0.15) is 0 Å². The number of aliphatic imine (C=N–C) groups is 1. The Labute approximate surface area is 88.7 Å². The van der Waals surface area contributed by atoms with Crippen molar-refractivity contribution in [3.05, 3.63) is 0 Å². The average Bonchev–Trinajstić information content (AvgIpc) is 2.63. The van der Waals surface area contributed by atoms with Gasteiger partial charge in [0.05, 0.1) is 5.75 Å². The van der Waals surface area contributed by atoms with Crippen LogP contribution in [0, 0.1) is 5.92 Å². The van der Waals surface area contributed by atoms with Crippen LogP contribution in [-0.4, -0.2) is 23.4 Å². The zero-order chi connectivity index (χ0) is 9.80. The zero-order valence-corrected chi connectivity index (χ0v) is 9.11. The van der Waals surface area contributed by atoms with Crippen molar-refractivity contribution >= 4 is 22.8 Å². The molecule has 2 fully saturated rings. The van der Waals surface area contributed by atoms with E-state index in [9.17, 15) is 4.79 Å². The monoisotopic (exact) mass is 212 g/mol. The van der Waals surface area contributed by atoms with E-state index in [-0.39, 0.29) is 5.91 Å². The molecule has 2 rings (SSSR count). The van der Waals surface area contributed by atoms with Crippen molar-refractivity contribution in [2.45, 2.75) is 32.1 Å². The Hall–Kier alpha value is -0.510. The van der Waals surface area contributed by atoms with Crippen molar-refractivity contribution in [1.29, 1.82) is 0 Å². The van der Waals surface area contributed by atoms with Gasteiger partial charge in [0.2, 0.25) is 5.91 Å². The zero-order valence-electron chi connectivity index (χ0n) is 8.29. The molecule has 0 aromatic heterocycles. The number of nitrogens with one attached hydrogen (secondary N) is 1. The van der Waals surface area contributed by atoms with Crippen molar-refractivity contribution in [2.75, 3.05) is 12.3 Å². The summed E-state index contributed by atoms with van der Waals surface area (Å²) < 4.78 is 0. The molecule has 0 bridgehead atoms. The fraction of sp³-hybridized carbons (Fsp3) is 0.800. The third-order valence-corrected chi connectivity index (χ3v) is 3.72. The van der Waals surface area contributed by atoms with E-state index >= 15 is 0 Å². The highest BCUT2D eigenvalue weighted by Crippen LogP contribution is 2.24. The van der Waals surface area contributed by atoms with Crippen LogP contribution in [0.2, 0.25) is 0 Å². The second-order valence-corrected chi connectivity index (χ2v) is 4.95. The number of amidine groups is 1. The first-order valence-corrected chi connectivity index (χ1v) is 6.30. The summed E-state index contributed by atoms with van der Waals surface area (Å²) in [6, 6.07) is 0. The van der Waals surface area contributed by atoms with E-state index in [1.165, 1.54) is 43.9 Å². The van der Waals surface area contributed by atoms with Crippen molar-refractivity contribution in [1.82, 2.24) is 5.32 Å². The van der Waals surface area contributed by atoms with E-state index in [1.807, 2.05) is 0 Å². The molecule has 1 N–H and O–H groups in total. The van der Waals surface area contributed by atoms with Crippen LogP contribution in [0.5, 0.6) is 0 Å². The van der Waals surface area contributed by atoms with E-state index in [1.54, 1.807) is 0 Å². The molecule has 14 heavy (non-hydrogen) atoms. The minimum atomic E-state index is 0.0948. The highest BCUT2D eigenvalue weighted by molar-refractivity contribution is 8.15. The number of amides is 1. The third-order valence-electron chi connectivity index (χ3n) is 2.80. The maximum absolute atomic E-state index is 10.9. The SMILES string of the molecule is O=C1CSC(=NCC2CCCCC2)N1. The molecule has 1 saturated heterocycles. The van der Waals surface area contributed by atoms with Gasteiger partial charge in [0.25, 0.3) is 0 Å². The molecule has 0 aromatic carbocycles. The Kier molecular flexibility index (Phi) is 3.45. The summed E-state index contributed by atoms with van der Waals surface area (Å²) in [7, 11) is 0. The summed E-state index contributed by atoms with van der Waals surface area (Å²) in [5.74, 6) is 1.40. The Morgan fingerprint density at radius 1 is 1.36 bits per heavy atom. The summed E-state index contributed by atoms with van der Waals surface area (Å²) >= 11 is 1.53. The molecule has 78 valence electrons. The smallest absolute Gasteiger partial charge is 0.236 e. The van der Waals surface area contributed by atoms with Gasteiger partial charge in [-0.3, -0.25) is 9.79 Å². The Morgan fingerprint density at radius 3 is 2.79 bits per heavy atom. The average molecular weight is 212 g/mol. The summed E-state index contributed by atoms with van der Waals surface area (Å²) in [6.45, 7) is 0.905. The minimum absolute atomic E-state index is 0.0948.